The summed E-state index contributed by atoms with van der Waals surface area (Å²) < 4.78 is 0. The molecule has 0 aliphatic carbocycles. The van der Waals surface area contributed by atoms with Gasteiger partial charge in [-0.3, -0.25) is 4.79 Å². The van der Waals surface area contributed by atoms with E-state index in [0.717, 1.165) is 26.1 Å². The maximum atomic E-state index is 12.3. The molecule has 1 unspecified atom stereocenters. The minimum absolute atomic E-state index is 0.321. The quantitative estimate of drug-likeness (QED) is 0.799. The normalized spacial score (nSPS) is 20.9. The first-order chi connectivity index (χ1) is 8.00. The standard InChI is InChI=1S/C14H28N2O/c1-11(2)10-16(12(3)4)14(17)8-13-6-5-7-15-9-13/h11-13,15H,5-10H2,1-4H3. The Morgan fingerprint density at radius 1 is 1.35 bits per heavy atom. The van der Waals surface area contributed by atoms with Crippen molar-refractivity contribution in [2.24, 2.45) is 11.8 Å². The van der Waals surface area contributed by atoms with Gasteiger partial charge in [0.05, 0.1) is 0 Å². The molecule has 1 rings (SSSR count). The third-order valence-corrected chi connectivity index (χ3v) is 3.37. The molecule has 1 heterocycles. The molecule has 0 saturated carbocycles. The van der Waals surface area contributed by atoms with Gasteiger partial charge in [0.25, 0.3) is 0 Å². The largest absolute Gasteiger partial charge is 0.340 e. The predicted octanol–water partition coefficient (Wildman–Crippen LogP) is 2.27. The summed E-state index contributed by atoms with van der Waals surface area (Å²) in [6.45, 7) is 11.6. The van der Waals surface area contributed by atoms with Crippen LogP contribution in [0.15, 0.2) is 0 Å². The number of carbonyl (C=O) groups excluding carboxylic acids is 1. The first-order valence-corrected chi connectivity index (χ1v) is 7.01. The summed E-state index contributed by atoms with van der Waals surface area (Å²) in [5.41, 5.74) is 0. The van der Waals surface area contributed by atoms with Crippen molar-refractivity contribution in [3.8, 4) is 0 Å². The first kappa shape index (κ1) is 14.5. The lowest BCUT2D eigenvalue weighted by atomic mass is 9.95. The summed E-state index contributed by atoms with van der Waals surface area (Å²) in [4.78, 5) is 14.3. The molecule has 0 aromatic heterocycles. The van der Waals surface area contributed by atoms with Gasteiger partial charge in [0.2, 0.25) is 5.91 Å². The molecular formula is C14H28N2O. The van der Waals surface area contributed by atoms with Crippen molar-refractivity contribution in [1.29, 1.82) is 0 Å². The molecular weight excluding hydrogens is 212 g/mol. The van der Waals surface area contributed by atoms with Crippen molar-refractivity contribution in [3.05, 3.63) is 0 Å². The Labute approximate surface area is 106 Å². The highest BCUT2D eigenvalue weighted by molar-refractivity contribution is 5.76. The molecule has 0 radical (unpaired) electrons. The van der Waals surface area contributed by atoms with Crippen LogP contribution in [0.3, 0.4) is 0 Å². The number of hydrogen-bond acceptors (Lipinski definition) is 2. The van der Waals surface area contributed by atoms with Gasteiger partial charge in [-0.15, -0.1) is 0 Å². The third kappa shape index (κ3) is 5.07. The van der Waals surface area contributed by atoms with Crippen LogP contribution in [0.2, 0.25) is 0 Å². The number of nitrogens with one attached hydrogen (secondary N) is 1. The van der Waals surface area contributed by atoms with Crippen molar-refractivity contribution in [1.82, 2.24) is 10.2 Å². The molecule has 0 spiro atoms. The van der Waals surface area contributed by atoms with E-state index < -0.39 is 0 Å². The predicted molar refractivity (Wildman–Crippen MR) is 71.9 cm³/mol. The molecule has 3 heteroatoms. The molecule has 3 nitrogen and oxygen atoms in total. The average Bonchev–Trinajstić information content (AvgIpc) is 2.26. The van der Waals surface area contributed by atoms with Crippen molar-refractivity contribution in [2.45, 2.75) is 53.0 Å². The van der Waals surface area contributed by atoms with Crippen LogP contribution in [-0.4, -0.2) is 36.5 Å². The summed E-state index contributed by atoms with van der Waals surface area (Å²) in [7, 11) is 0. The van der Waals surface area contributed by atoms with E-state index in [0.29, 0.717) is 23.8 Å². The van der Waals surface area contributed by atoms with Gasteiger partial charge in [0.1, 0.15) is 0 Å². The van der Waals surface area contributed by atoms with E-state index in [1.165, 1.54) is 12.8 Å². The van der Waals surface area contributed by atoms with Crippen LogP contribution >= 0.6 is 0 Å². The first-order valence-electron chi connectivity index (χ1n) is 7.01. The van der Waals surface area contributed by atoms with Gasteiger partial charge in [-0.1, -0.05) is 13.8 Å². The minimum Gasteiger partial charge on any atom is -0.340 e. The fourth-order valence-corrected chi connectivity index (χ4v) is 2.46. The second-order valence-electron chi connectivity index (χ2n) is 5.95. The second kappa shape index (κ2) is 7.00. The van der Waals surface area contributed by atoms with Crippen LogP contribution in [0.25, 0.3) is 0 Å². The maximum absolute atomic E-state index is 12.3. The van der Waals surface area contributed by atoms with Gasteiger partial charge in [-0.2, -0.15) is 0 Å². The Morgan fingerprint density at radius 2 is 2.06 bits per heavy atom. The monoisotopic (exact) mass is 240 g/mol. The number of nitrogens with zero attached hydrogens (tertiary/aromatic N) is 1. The van der Waals surface area contributed by atoms with E-state index in [-0.39, 0.29) is 0 Å². The Morgan fingerprint density at radius 3 is 2.53 bits per heavy atom. The van der Waals surface area contributed by atoms with Crippen molar-refractivity contribution in [3.63, 3.8) is 0 Å². The topological polar surface area (TPSA) is 32.3 Å². The molecule has 1 amide bonds. The molecule has 1 atom stereocenters. The molecule has 1 saturated heterocycles. The zero-order valence-corrected chi connectivity index (χ0v) is 11.8. The average molecular weight is 240 g/mol. The highest BCUT2D eigenvalue weighted by Gasteiger charge is 2.22. The summed E-state index contributed by atoms with van der Waals surface area (Å²) in [5.74, 6) is 1.43. The lowest BCUT2D eigenvalue weighted by Crippen LogP contribution is -2.42. The Balaban J connectivity index is 2.46. The fraction of sp³-hybridized carbons (Fsp3) is 0.929. The van der Waals surface area contributed by atoms with Gasteiger partial charge in [0, 0.05) is 19.0 Å². The Bertz CT molecular complexity index is 232. The van der Waals surface area contributed by atoms with Gasteiger partial charge in [-0.25, -0.2) is 0 Å². The van der Waals surface area contributed by atoms with Crippen LogP contribution in [0.5, 0.6) is 0 Å². The SMILES string of the molecule is CC(C)CN(C(=O)CC1CCCNC1)C(C)C. The van der Waals surface area contributed by atoms with E-state index in [9.17, 15) is 4.79 Å². The molecule has 0 aromatic rings. The van der Waals surface area contributed by atoms with Crippen LogP contribution in [-0.2, 0) is 4.79 Å². The molecule has 1 N–H and O–H groups in total. The molecule has 1 aliphatic rings. The van der Waals surface area contributed by atoms with E-state index >= 15 is 0 Å². The van der Waals surface area contributed by atoms with Gasteiger partial charge in [0.15, 0.2) is 0 Å². The van der Waals surface area contributed by atoms with Crippen LogP contribution in [0, 0.1) is 11.8 Å². The van der Waals surface area contributed by atoms with Gasteiger partial charge >= 0.3 is 0 Å². The van der Waals surface area contributed by atoms with E-state index in [1.54, 1.807) is 0 Å². The molecule has 0 aromatic carbocycles. The lowest BCUT2D eigenvalue weighted by Gasteiger charge is -2.31. The summed E-state index contributed by atoms with van der Waals surface area (Å²) in [6.07, 6.45) is 3.13. The highest BCUT2D eigenvalue weighted by Crippen LogP contribution is 2.17. The Kier molecular flexibility index (Phi) is 5.96. The van der Waals surface area contributed by atoms with E-state index in [2.05, 4.69) is 33.0 Å². The van der Waals surface area contributed by atoms with Crippen LogP contribution < -0.4 is 5.32 Å². The number of rotatable bonds is 5. The lowest BCUT2D eigenvalue weighted by molar-refractivity contribution is -0.134. The molecule has 1 aliphatic heterocycles. The van der Waals surface area contributed by atoms with Crippen LogP contribution in [0.4, 0.5) is 0 Å². The second-order valence-corrected chi connectivity index (χ2v) is 5.95. The van der Waals surface area contributed by atoms with Crippen molar-refractivity contribution >= 4 is 5.91 Å². The van der Waals surface area contributed by atoms with Gasteiger partial charge < -0.3 is 10.2 Å². The molecule has 17 heavy (non-hydrogen) atoms. The van der Waals surface area contributed by atoms with E-state index in [4.69, 9.17) is 0 Å². The van der Waals surface area contributed by atoms with Crippen LogP contribution in [0.1, 0.15) is 47.0 Å². The number of hydrogen-bond donors (Lipinski definition) is 1. The fourth-order valence-electron chi connectivity index (χ4n) is 2.46. The molecule has 0 bridgehead atoms. The third-order valence-electron chi connectivity index (χ3n) is 3.37. The molecule has 1 fully saturated rings. The summed E-state index contributed by atoms with van der Waals surface area (Å²) in [5, 5.41) is 3.38. The summed E-state index contributed by atoms with van der Waals surface area (Å²) in [6, 6.07) is 0.321. The summed E-state index contributed by atoms with van der Waals surface area (Å²) >= 11 is 0. The number of piperidine rings is 1. The number of carbonyl (C=O) groups is 1. The van der Waals surface area contributed by atoms with Crippen molar-refractivity contribution in [2.75, 3.05) is 19.6 Å². The van der Waals surface area contributed by atoms with E-state index in [1.807, 2.05) is 4.90 Å². The zero-order valence-electron chi connectivity index (χ0n) is 11.8. The zero-order chi connectivity index (χ0) is 12.8. The minimum atomic E-state index is 0.321. The highest BCUT2D eigenvalue weighted by atomic mass is 16.2. The molecule has 100 valence electrons. The number of amides is 1. The van der Waals surface area contributed by atoms with Crippen molar-refractivity contribution < 1.29 is 4.79 Å². The van der Waals surface area contributed by atoms with Gasteiger partial charge in [-0.05, 0) is 51.6 Å². The smallest absolute Gasteiger partial charge is 0.223 e. The maximum Gasteiger partial charge on any atom is 0.223 e. The Hall–Kier alpha value is -0.570.